The lowest BCUT2D eigenvalue weighted by molar-refractivity contribution is 0.281. The molecule has 0 fully saturated rings. The zero-order valence-electron chi connectivity index (χ0n) is 12.2. The number of aliphatic hydroxyl groups is 1. The van der Waals surface area contributed by atoms with Crippen molar-refractivity contribution >= 4 is 0 Å². The van der Waals surface area contributed by atoms with Gasteiger partial charge in [0.1, 0.15) is 12.4 Å². The molecule has 0 aliphatic heterocycles. The molecule has 0 aliphatic rings. The molecule has 0 radical (unpaired) electrons. The number of hydrogen-bond acceptors (Lipinski definition) is 2. The Kier molecular flexibility index (Phi) is 5.19. The van der Waals surface area contributed by atoms with Crippen LogP contribution in [0.5, 0.6) is 5.75 Å². The summed E-state index contributed by atoms with van der Waals surface area (Å²) in [6.45, 7) is 5.05. The Labute approximate surface area is 121 Å². The molecule has 0 saturated carbocycles. The van der Waals surface area contributed by atoms with E-state index in [0.29, 0.717) is 12.5 Å². The van der Waals surface area contributed by atoms with Crippen molar-refractivity contribution in [2.24, 2.45) is 0 Å². The second-order valence-electron chi connectivity index (χ2n) is 5.11. The average Bonchev–Trinajstić information content (AvgIpc) is 2.53. The van der Waals surface area contributed by atoms with Crippen molar-refractivity contribution in [1.82, 2.24) is 0 Å². The molecule has 0 saturated heterocycles. The van der Waals surface area contributed by atoms with Gasteiger partial charge >= 0.3 is 0 Å². The molecule has 0 heterocycles. The Morgan fingerprint density at radius 2 is 1.65 bits per heavy atom. The minimum atomic E-state index is 0.0813. The average molecular weight is 270 g/mol. The van der Waals surface area contributed by atoms with Crippen molar-refractivity contribution in [2.45, 2.75) is 39.4 Å². The van der Waals surface area contributed by atoms with E-state index >= 15 is 0 Å². The zero-order chi connectivity index (χ0) is 14.4. The van der Waals surface area contributed by atoms with Gasteiger partial charge in [0.15, 0.2) is 0 Å². The van der Waals surface area contributed by atoms with Gasteiger partial charge in [-0.15, -0.1) is 0 Å². The lowest BCUT2D eigenvalue weighted by Crippen LogP contribution is -2.01. The van der Waals surface area contributed by atoms with Gasteiger partial charge in [0.25, 0.3) is 0 Å². The van der Waals surface area contributed by atoms with E-state index in [1.165, 1.54) is 5.56 Å². The molecule has 1 atom stereocenters. The van der Waals surface area contributed by atoms with Crippen LogP contribution in [0.25, 0.3) is 0 Å². The van der Waals surface area contributed by atoms with Crippen LogP contribution < -0.4 is 4.74 Å². The number of ether oxygens (including phenoxy) is 1. The Bertz CT molecular complexity index is 531. The molecule has 2 aromatic carbocycles. The smallest absolute Gasteiger partial charge is 0.123 e. The molecule has 2 rings (SSSR count). The minimum absolute atomic E-state index is 0.0813. The van der Waals surface area contributed by atoms with Crippen LogP contribution in [0.3, 0.4) is 0 Å². The molecule has 1 N–H and O–H groups in total. The van der Waals surface area contributed by atoms with Gasteiger partial charge in [-0.05, 0) is 35.1 Å². The fourth-order valence-corrected chi connectivity index (χ4v) is 2.14. The maximum absolute atomic E-state index is 9.03. The largest absolute Gasteiger partial charge is 0.489 e. The molecular formula is C18H22O2. The van der Waals surface area contributed by atoms with Crippen LogP contribution in [0.4, 0.5) is 0 Å². The van der Waals surface area contributed by atoms with Gasteiger partial charge in [-0.25, -0.2) is 0 Å². The van der Waals surface area contributed by atoms with Crippen molar-refractivity contribution in [3.63, 3.8) is 0 Å². The summed E-state index contributed by atoms with van der Waals surface area (Å²) in [4.78, 5) is 0. The fraction of sp³-hybridized carbons (Fsp3) is 0.333. The fourth-order valence-electron chi connectivity index (χ4n) is 2.14. The van der Waals surface area contributed by atoms with Crippen LogP contribution in [-0.4, -0.2) is 5.11 Å². The van der Waals surface area contributed by atoms with E-state index in [0.717, 1.165) is 23.3 Å². The molecule has 0 aliphatic carbocycles. The predicted octanol–water partition coefficient (Wildman–Crippen LogP) is 4.27. The molecule has 0 amide bonds. The summed E-state index contributed by atoms with van der Waals surface area (Å²) in [5.41, 5.74) is 3.30. The topological polar surface area (TPSA) is 29.5 Å². The van der Waals surface area contributed by atoms with Crippen LogP contribution in [0.15, 0.2) is 48.5 Å². The minimum Gasteiger partial charge on any atom is -0.489 e. The Morgan fingerprint density at radius 3 is 2.30 bits per heavy atom. The summed E-state index contributed by atoms with van der Waals surface area (Å²) >= 11 is 0. The number of aliphatic hydroxyl groups excluding tert-OH is 1. The second-order valence-corrected chi connectivity index (χ2v) is 5.11. The van der Waals surface area contributed by atoms with Crippen molar-refractivity contribution in [2.75, 3.05) is 0 Å². The molecule has 1 unspecified atom stereocenters. The summed E-state index contributed by atoms with van der Waals surface area (Å²) in [5.74, 6) is 1.47. The first-order chi connectivity index (χ1) is 9.74. The maximum Gasteiger partial charge on any atom is 0.123 e. The highest BCUT2D eigenvalue weighted by molar-refractivity contribution is 5.36. The van der Waals surface area contributed by atoms with E-state index in [1.807, 2.05) is 36.4 Å². The van der Waals surface area contributed by atoms with E-state index in [9.17, 15) is 0 Å². The summed E-state index contributed by atoms with van der Waals surface area (Å²) in [5, 5.41) is 9.03. The highest BCUT2D eigenvalue weighted by atomic mass is 16.5. The third-order valence-corrected chi connectivity index (χ3v) is 3.66. The van der Waals surface area contributed by atoms with Gasteiger partial charge in [-0.3, -0.25) is 0 Å². The quantitative estimate of drug-likeness (QED) is 0.849. The van der Waals surface area contributed by atoms with Crippen LogP contribution in [0.2, 0.25) is 0 Å². The lowest BCUT2D eigenvalue weighted by atomic mass is 9.98. The third-order valence-electron chi connectivity index (χ3n) is 3.66. The highest BCUT2D eigenvalue weighted by Gasteiger charge is 2.09. The molecule has 0 aromatic heterocycles. The van der Waals surface area contributed by atoms with Gasteiger partial charge in [0.05, 0.1) is 6.61 Å². The molecule has 2 nitrogen and oxygen atoms in total. The zero-order valence-corrected chi connectivity index (χ0v) is 12.2. The first kappa shape index (κ1) is 14.6. The standard InChI is InChI=1S/C18H22O2/c1-3-14(2)17-6-4-5-7-18(17)20-13-16-10-8-15(12-19)9-11-16/h4-11,14,19H,3,12-13H2,1-2H3. The van der Waals surface area contributed by atoms with Gasteiger partial charge in [0, 0.05) is 0 Å². The molecular weight excluding hydrogens is 248 g/mol. The number of rotatable bonds is 6. The van der Waals surface area contributed by atoms with Crippen molar-refractivity contribution in [3.8, 4) is 5.75 Å². The molecule has 2 aromatic rings. The molecule has 20 heavy (non-hydrogen) atoms. The summed E-state index contributed by atoms with van der Waals surface area (Å²) < 4.78 is 5.96. The van der Waals surface area contributed by atoms with E-state index in [1.54, 1.807) is 0 Å². The van der Waals surface area contributed by atoms with Crippen LogP contribution >= 0.6 is 0 Å². The molecule has 0 bridgehead atoms. The van der Waals surface area contributed by atoms with E-state index in [2.05, 4.69) is 26.0 Å². The Hall–Kier alpha value is -1.80. The molecule has 106 valence electrons. The number of hydrogen-bond donors (Lipinski definition) is 1. The van der Waals surface area contributed by atoms with Crippen molar-refractivity contribution < 1.29 is 9.84 Å². The van der Waals surface area contributed by atoms with Crippen molar-refractivity contribution in [1.29, 1.82) is 0 Å². The Morgan fingerprint density at radius 1 is 1.00 bits per heavy atom. The van der Waals surface area contributed by atoms with E-state index in [-0.39, 0.29) is 6.61 Å². The van der Waals surface area contributed by atoms with Crippen LogP contribution in [-0.2, 0) is 13.2 Å². The van der Waals surface area contributed by atoms with Crippen LogP contribution in [0, 0.1) is 0 Å². The maximum atomic E-state index is 9.03. The van der Waals surface area contributed by atoms with Crippen LogP contribution in [0.1, 0.15) is 42.9 Å². The highest BCUT2D eigenvalue weighted by Crippen LogP contribution is 2.28. The first-order valence-electron chi connectivity index (χ1n) is 7.15. The van der Waals surface area contributed by atoms with Crippen molar-refractivity contribution in [3.05, 3.63) is 65.2 Å². The van der Waals surface area contributed by atoms with Gasteiger partial charge in [0.2, 0.25) is 0 Å². The lowest BCUT2D eigenvalue weighted by Gasteiger charge is -2.15. The monoisotopic (exact) mass is 270 g/mol. The van der Waals surface area contributed by atoms with Gasteiger partial charge in [-0.2, -0.15) is 0 Å². The first-order valence-corrected chi connectivity index (χ1v) is 7.15. The van der Waals surface area contributed by atoms with Gasteiger partial charge < -0.3 is 9.84 Å². The Balaban J connectivity index is 2.06. The van der Waals surface area contributed by atoms with E-state index in [4.69, 9.17) is 9.84 Å². The normalized spacial score (nSPS) is 12.2. The predicted molar refractivity (Wildman–Crippen MR) is 81.8 cm³/mol. The summed E-state index contributed by atoms with van der Waals surface area (Å²) in [6, 6.07) is 16.1. The number of benzene rings is 2. The van der Waals surface area contributed by atoms with Gasteiger partial charge in [-0.1, -0.05) is 56.3 Å². The number of para-hydroxylation sites is 1. The summed E-state index contributed by atoms with van der Waals surface area (Å²) in [7, 11) is 0. The molecule has 0 spiro atoms. The second kappa shape index (κ2) is 7.11. The SMILES string of the molecule is CCC(C)c1ccccc1OCc1ccc(CO)cc1. The summed E-state index contributed by atoms with van der Waals surface area (Å²) in [6.07, 6.45) is 1.10. The van der Waals surface area contributed by atoms with E-state index < -0.39 is 0 Å². The molecule has 2 heteroatoms. The third kappa shape index (κ3) is 3.61.